The van der Waals surface area contributed by atoms with E-state index in [1.807, 2.05) is 72.2 Å². The average Bonchev–Trinajstić information content (AvgIpc) is 3.36. The third-order valence-corrected chi connectivity index (χ3v) is 5.61. The Balaban J connectivity index is 1.59. The van der Waals surface area contributed by atoms with Gasteiger partial charge in [0, 0.05) is 17.9 Å². The molecule has 6 nitrogen and oxygen atoms in total. The van der Waals surface area contributed by atoms with Crippen molar-refractivity contribution >= 4 is 11.8 Å². The van der Waals surface area contributed by atoms with Gasteiger partial charge in [0.15, 0.2) is 11.0 Å². The van der Waals surface area contributed by atoms with Crippen molar-refractivity contribution in [3.05, 3.63) is 78.7 Å². The molecule has 152 valence electrons. The van der Waals surface area contributed by atoms with Crippen LogP contribution in [0, 0.1) is 6.92 Å². The molecule has 7 heteroatoms. The van der Waals surface area contributed by atoms with Crippen molar-refractivity contribution in [2.24, 2.45) is 0 Å². The number of benzene rings is 2. The molecule has 0 saturated carbocycles. The molecule has 0 N–H and O–H groups in total. The number of thioether (sulfide) groups is 1. The Morgan fingerprint density at radius 2 is 1.87 bits per heavy atom. The van der Waals surface area contributed by atoms with Crippen molar-refractivity contribution in [1.29, 1.82) is 0 Å². The second kappa shape index (κ2) is 9.00. The highest BCUT2D eigenvalue weighted by Gasteiger charge is 2.18. The largest absolute Gasteiger partial charge is 0.496 e. The van der Waals surface area contributed by atoms with Gasteiger partial charge in [-0.3, -0.25) is 4.57 Å². The van der Waals surface area contributed by atoms with Crippen LogP contribution in [0.3, 0.4) is 0 Å². The number of allylic oxidation sites excluding steroid dienone is 1. The number of hydrogen-bond acceptors (Lipinski definition) is 6. The maximum atomic E-state index is 5.87. The molecule has 30 heavy (non-hydrogen) atoms. The Labute approximate surface area is 179 Å². The van der Waals surface area contributed by atoms with Gasteiger partial charge in [0.25, 0.3) is 0 Å². The molecular weight excluding hydrogens is 396 g/mol. The molecule has 0 fully saturated rings. The van der Waals surface area contributed by atoms with Crippen LogP contribution in [-0.2, 0) is 12.3 Å². The van der Waals surface area contributed by atoms with Gasteiger partial charge in [-0.2, -0.15) is 0 Å². The number of aryl methyl sites for hydroxylation is 1. The standard InChI is InChI=1S/C23H22N4O2S/c1-4-14-27-21(18-12-8-9-13-20(18)28-3)25-26-23(27)30-15-19-16(2)29-22(24-19)17-10-6-5-7-11-17/h4-13H,1,14-15H2,2-3H3. The molecular formula is C23H22N4O2S. The second-order valence-electron chi connectivity index (χ2n) is 6.58. The van der Waals surface area contributed by atoms with Gasteiger partial charge in [0.1, 0.15) is 11.5 Å². The summed E-state index contributed by atoms with van der Waals surface area (Å²) in [5.41, 5.74) is 2.75. The number of oxazole rings is 1. The predicted molar refractivity (Wildman–Crippen MR) is 118 cm³/mol. The van der Waals surface area contributed by atoms with E-state index in [9.17, 15) is 0 Å². The van der Waals surface area contributed by atoms with E-state index in [-0.39, 0.29) is 0 Å². The Kier molecular flexibility index (Phi) is 5.99. The van der Waals surface area contributed by atoms with Gasteiger partial charge in [-0.1, -0.05) is 48.2 Å². The summed E-state index contributed by atoms with van der Waals surface area (Å²) in [4.78, 5) is 4.68. The highest BCUT2D eigenvalue weighted by atomic mass is 32.2. The first kappa shape index (κ1) is 20.0. The minimum absolute atomic E-state index is 0.593. The van der Waals surface area contributed by atoms with Gasteiger partial charge < -0.3 is 9.15 Å². The van der Waals surface area contributed by atoms with Crippen LogP contribution in [0.4, 0.5) is 0 Å². The fraction of sp³-hybridized carbons (Fsp3) is 0.174. The van der Waals surface area contributed by atoms with E-state index in [0.29, 0.717) is 18.2 Å². The normalized spacial score (nSPS) is 10.9. The molecule has 0 unspecified atom stereocenters. The van der Waals surface area contributed by atoms with Crippen molar-refractivity contribution in [2.75, 3.05) is 7.11 Å². The molecule has 0 spiro atoms. The number of hydrogen-bond donors (Lipinski definition) is 0. The van der Waals surface area contributed by atoms with E-state index in [4.69, 9.17) is 9.15 Å². The maximum Gasteiger partial charge on any atom is 0.226 e. The van der Waals surface area contributed by atoms with E-state index in [2.05, 4.69) is 21.8 Å². The highest BCUT2D eigenvalue weighted by Crippen LogP contribution is 2.32. The summed E-state index contributed by atoms with van der Waals surface area (Å²) in [5, 5.41) is 9.62. The minimum Gasteiger partial charge on any atom is -0.496 e. The van der Waals surface area contributed by atoms with Gasteiger partial charge in [0.05, 0.1) is 18.4 Å². The van der Waals surface area contributed by atoms with Gasteiger partial charge in [0.2, 0.25) is 5.89 Å². The van der Waals surface area contributed by atoms with Crippen LogP contribution in [0.15, 0.2) is 76.8 Å². The average molecular weight is 419 g/mol. The zero-order valence-corrected chi connectivity index (χ0v) is 17.7. The molecule has 2 heterocycles. The Bertz CT molecular complexity index is 1150. The molecule has 2 aromatic heterocycles. The van der Waals surface area contributed by atoms with Crippen molar-refractivity contribution in [1.82, 2.24) is 19.7 Å². The maximum absolute atomic E-state index is 5.87. The van der Waals surface area contributed by atoms with Gasteiger partial charge in [-0.05, 0) is 31.2 Å². The molecule has 0 aliphatic rings. The minimum atomic E-state index is 0.593. The summed E-state index contributed by atoms with van der Waals surface area (Å²) in [5.74, 6) is 3.57. The lowest BCUT2D eigenvalue weighted by Crippen LogP contribution is -2.02. The SMILES string of the molecule is C=CCn1c(SCc2nc(-c3ccccc3)oc2C)nnc1-c1ccccc1OC. The fourth-order valence-corrected chi connectivity index (χ4v) is 4.07. The molecule has 0 bridgehead atoms. The number of aromatic nitrogens is 4. The Morgan fingerprint density at radius 3 is 2.63 bits per heavy atom. The summed E-state index contributed by atoms with van der Waals surface area (Å²) in [6, 6.07) is 17.7. The third-order valence-electron chi connectivity index (χ3n) is 4.63. The van der Waals surface area contributed by atoms with E-state index in [0.717, 1.165) is 39.3 Å². The first-order valence-electron chi connectivity index (χ1n) is 9.53. The monoisotopic (exact) mass is 418 g/mol. The molecule has 0 aliphatic carbocycles. The first-order valence-corrected chi connectivity index (χ1v) is 10.5. The number of ether oxygens (including phenoxy) is 1. The van der Waals surface area contributed by atoms with E-state index in [1.165, 1.54) is 0 Å². The van der Waals surface area contributed by atoms with Gasteiger partial charge in [-0.25, -0.2) is 4.98 Å². The van der Waals surface area contributed by atoms with E-state index < -0.39 is 0 Å². The Morgan fingerprint density at radius 1 is 1.10 bits per heavy atom. The number of rotatable bonds is 8. The molecule has 2 aromatic carbocycles. The summed E-state index contributed by atoms with van der Waals surface area (Å²) in [6.07, 6.45) is 1.83. The van der Waals surface area contributed by atoms with E-state index >= 15 is 0 Å². The molecule has 0 saturated heterocycles. The molecule has 0 aliphatic heterocycles. The van der Waals surface area contributed by atoms with Crippen LogP contribution in [0.2, 0.25) is 0 Å². The lowest BCUT2D eigenvalue weighted by Gasteiger charge is -2.10. The highest BCUT2D eigenvalue weighted by molar-refractivity contribution is 7.98. The number of methoxy groups -OCH3 is 1. The number of nitrogens with zero attached hydrogens (tertiary/aromatic N) is 4. The molecule has 4 aromatic rings. The summed E-state index contributed by atoms with van der Waals surface area (Å²) < 4.78 is 13.4. The number of para-hydroxylation sites is 1. The molecule has 0 radical (unpaired) electrons. The zero-order valence-electron chi connectivity index (χ0n) is 16.9. The van der Waals surface area contributed by atoms with E-state index in [1.54, 1.807) is 18.9 Å². The summed E-state index contributed by atoms with van der Waals surface area (Å²) in [6.45, 7) is 6.41. The zero-order chi connectivity index (χ0) is 20.9. The first-order chi connectivity index (χ1) is 14.7. The van der Waals surface area contributed by atoms with Crippen LogP contribution in [-0.4, -0.2) is 26.9 Å². The molecule has 0 amide bonds. The fourth-order valence-electron chi connectivity index (χ4n) is 3.12. The van der Waals surface area contributed by atoms with Crippen molar-refractivity contribution in [3.8, 4) is 28.6 Å². The van der Waals surface area contributed by atoms with Crippen LogP contribution in [0.25, 0.3) is 22.8 Å². The lowest BCUT2D eigenvalue weighted by molar-refractivity contribution is 0.416. The second-order valence-corrected chi connectivity index (χ2v) is 7.52. The van der Waals surface area contributed by atoms with Crippen molar-refractivity contribution in [3.63, 3.8) is 0 Å². The summed E-state index contributed by atoms with van der Waals surface area (Å²) >= 11 is 1.57. The Hall–Kier alpha value is -3.32. The van der Waals surface area contributed by atoms with Crippen molar-refractivity contribution in [2.45, 2.75) is 24.4 Å². The van der Waals surface area contributed by atoms with Crippen LogP contribution in [0.1, 0.15) is 11.5 Å². The van der Waals surface area contributed by atoms with Crippen LogP contribution in [0.5, 0.6) is 5.75 Å². The topological polar surface area (TPSA) is 66.0 Å². The van der Waals surface area contributed by atoms with Crippen LogP contribution >= 0.6 is 11.8 Å². The lowest BCUT2D eigenvalue weighted by atomic mass is 10.2. The van der Waals surface area contributed by atoms with Crippen LogP contribution < -0.4 is 4.74 Å². The third kappa shape index (κ3) is 4.02. The molecule has 4 rings (SSSR count). The van der Waals surface area contributed by atoms with Gasteiger partial charge >= 0.3 is 0 Å². The summed E-state index contributed by atoms with van der Waals surface area (Å²) in [7, 11) is 1.65. The van der Waals surface area contributed by atoms with Gasteiger partial charge in [-0.15, -0.1) is 16.8 Å². The predicted octanol–water partition coefficient (Wildman–Crippen LogP) is 5.40. The van der Waals surface area contributed by atoms with Crippen molar-refractivity contribution < 1.29 is 9.15 Å². The smallest absolute Gasteiger partial charge is 0.226 e. The molecule has 0 atom stereocenters. The quantitative estimate of drug-likeness (QED) is 0.282.